The molecule has 4 nitrogen and oxygen atoms in total. The molecule has 2 bridgehead atoms. The zero-order valence-electron chi connectivity index (χ0n) is 12.0. The van der Waals surface area contributed by atoms with Gasteiger partial charge in [-0.05, 0) is 55.2 Å². The van der Waals surface area contributed by atoms with Gasteiger partial charge in [-0.1, -0.05) is 6.42 Å². The van der Waals surface area contributed by atoms with Gasteiger partial charge >= 0.3 is 6.03 Å². The maximum absolute atomic E-state index is 11.8. The minimum Gasteiger partial charge on any atom is -0.468 e. The van der Waals surface area contributed by atoms with Crippen LogP contribution >= 0.6 is 23.7 Å². The zero-order chi connectivity index (χ0) is 14.5. The molecule has 1 aromatic heterocycles. The van der Waals surface area contributed by atoms with E-state index in [2.05, 4.69) is 10.0 Å². The predicted molar refractivity (Wildman–Crippen MR) is 88.2 cm³/mol. The molecular weight excluding hydrogens is 304 g/mol. The van der Waals surface area contributed by atoms with Crippen LogP contribution in [0.3, 0.4) is 0 Å². The Labute approximate surface area is 134 Å². The van der Waals surface area contributed by atoms with Gasteiger partial charge in [-0.15, -0.1) is 0 Å². The first-order chi connectivity index (χ1) is 10.3. The van der Waals surface area contributed by atoms with Crippen LogP contribution in [0, 0.1) is 11.8 Å². The molecule has 2 aliphatic rings. The fourth-order valence-corrected chi connectivity index (χ4v) is 5.01. The van der Waals surface area contributed by atoms with Crippen molar-refractivity contribution in [2.75, 3.05) is 11.5 Å². The molecule has 3 unspecified atom stereocenters. The molecule has 0 saturated heterocycles. The van der Waals surface area contributed by atoms with Crippen molar-refractivity contribution in [1.82, 2.24) is 10.0 Å². The Balaban J connectivity index is 1.22. The maximum atomic E-state index is 11.8. The van der Waals surface area contributed by atoms with Crippen molar-refractivity contribution in [2.45, 2.75) is 37.5 Å². The molecule has 2 N–H and O–H groups in total. The SMILES string of the molecule is O=C(NSCCSCc1ccco1)NC1CC2CCC1C2. The molecule has 21 heavy (non-hydrogen) atoms. The fourth-order valence-electron chi connectivity index (χ4n) is 3.40. The number of carbonyl (C=O) groups excluding carboxylic acids is 1. The first-order valence-corrected chi connectivity index (χ1v) is 9.73. The molecule has 3 rings (SSSR count). The quantitative estimate of drug-likeness (QED) is 0.593. The molecule has 6 heteroatoms. The molecule has 3 atom stereocenters. The number of hydrogen-bond donors (Lipinski definition) is 2. The van der Waals surface area contributed by atoms with Crippen LogP contribution in [0.15, 0.2) is 22.8 Å². The molecule has 1 heterocycles. The normalized spacial score (nSPS) is 27.0. The average molecular weight is 326 g/mol. The minimum absolute atomic E-state index is 0.0198. The summed E-state index contributed by atoms with van der Waals surface area (Å²) in [4.78, 5) is 11.8. The van der Waals surface area contributed by atoms with E-state index in [1.54, 1.807) is 6.26 Å². The predicted octanol–water partition coefficient (Wildman–Crippen LogP) is 3.65. The topological polar surface area (TPSA) is 54.3 Å². The van der Waals surface area contributed by atoms with Gasteiger partial charge in [0.2, 0.25) is 0 Å². The highest BCUT2D eigenvalue weighted by Gasteiger charge is 2.40. The van der Waals surface area contributed by atoms with Crippen LogP contribution in [-0.2, 0) is 5.75 Å². The van der Waals surface area contributed by atoms with E-state index >= 15 is 0 Å². The number of urea groups is 1. The lowest BCUT2D eigenvalue weighted by molar-refractivity contribution is 0.236. The van der Waals surface area contributed by atoms with Crippen molar-refractivity contribution in [3.05, 3.63) is 24.2 Å². The summed E-state index contributed by atoms with van der Waals surface area (Å²) in [5, 5.41) is 3.13. The largest absolute Gasteiger partial charge is 0.468 e. The van der Waals surface area contributed by atoms with Gasteiger partial charge in [0, 0.05) is 17.5 Å². The van der Waals surface area contributed by atoms with Gasteiger partial charge in [-0.2, -0.15) is 11.8 Å². The van der Waals surface area contributed by atoms with Crippen molar-refractivity contribution < 1.29 is 9.21 Å². The Hall–Kier alpha value is -0.750. The van der Waals surface area contributed by atoms with E-state index in [1.807, 2.05) is 23.9 Å². The third-order valence-electron chi connectivity index (χ3n) is 4.37. The monoisotopic (exact) mass is 326 g/mol. The second-order valence-corrected chi connectivity index (χ2v) is 7.84. The van der Waals surface area contributed by atoms with E-state index in [0.29, 0.717) is 6.04 Å². The zero-order valence-corrected chi connectivity index (χ0v) is 13.7. The van der Waals surface area contributed by atoms with E-state index in [1.165, 1.54) is 37.6 Å². The van der Waals surface area contributed by atoms with Gasteiger partial charge in [0.05, 0.1) is 12.0 Å². The van der Waals surface area contributed by atoms with Gasteiger partial charge in [-0.3, -0.25) is 4.72 Å². The van der Waals surface area contributed by atoms with Gasteiger partial charge in [0.15, 0.2) is 0 Å². The van der Waals surface area contributed by atoms with E-state index in [9.17, 15) is 4.79 Å². The summed E-state index contributed by atoms with van der Waals surface area (Å²) in [6.45, 7) is 0. The van der Waals surface area contributed by atoms with Gasteiger partial charge in [0.1, 0.15) is 5.76 Å². The van der Waals surface area contributed by atoms with E-state index in [-0.39, 0.29) is 6.03 Å². The molecule has 2 fully saturated rings. The number of furan rings is 1. The number of nitrogens with one attached hydrogen (secondary N) is 2. The number of amides is 2. The molecule has 2 amide bonds. The third-order valence-corrected chi connectivity index (χ3v) is 6.35. The molecule has 2 aliphatic carbocycles. The Bertz CT molecular complexity index is 453. The lowest BCUT2D eigenvalue weighted by Gasteiger charge is -2.22. The summed E-state index contributed by atoms with van der Waals surface area (Å²) in [7, 11) is 0. The Morgan fingerprint density at radius 1 is 1.33 bits per heavy atom. The summed E-state index contributed by atoms with van der Waals surface area (Å²) >= 11 is 3.31. The standard InChI is InChI=1S/C15H22N2O2S2/c18-15(16-14-9-11-3-4-12(14)8-11)17-21-7-6-20-10-13-2-1-5-19-13/h1-2,5,11-12,14H,3-4,6-10H2,(H2,16,17,18). The molecular formula is C15H22N2O2S2. The van der Waals surface area contributed by atoms with Crippen molar-refractivity contribution in [3.8, 4) is 0 Å². The number of hydrogen-bond acceptors (Lipinski definition) is 4. The van der Waals surface area contributed by atoms with Gasteiger partial charge in [0.25, 0.3) is 0 Å². The van der Waals surface area contributed by atoms with Crippen molar-refractivity contribution >= 4 is 29.7 Å². The minimum atomic E-state index is -0.0198. The summed E-state index contributed by atoms with van der Waals surface area (Å²) in [6, 6.07) is 4.29. The second kappa shape index (κ2) is 7.49. The summed E-state index contributed by atoms with van der Waals surface area (Å²) in [5.74, 6) is 5.41. The average Bonchev–Trinajstić information content (AvgIpc) is 3.19. The molecule has 0 radical (unpaired) electrons. The van der Waals surface area contributed by atoms with E-state index < -0.39 is 0 Å². The highest BCUT2D eigenvalue weighted by atomic mass is 32.2. The number of carbonyl (C=O) groups is 1. The third kappa shape index (κ3) is 4.36. The smallest absolute Gasteiger partial charge is 0.324 e. The first kappa shape index (κ1) is 15.2. The summed E-state index contributed by atoms with van der Waals surface area (Å²) < 4.78 is 8.16. The lowest BCUT2D eigenvalue weighted by Crippen LogP contribution is -2.42. The highest BCUT2D eigenvalue weighted by Crippen LogP contribution is 2.44. The van der Waals surface area contributed by atoms with Crippen LogP contribution in [0.5, 0.6) is 0 Å². The van der Waals surface area contributed by atoms with Crippen LogP contribution < -0.4 is 10.0 Å². The van der Waals surface area contributed by atoms with Crippen LogP contribution in [0.4, 0.5) is 4.79 Å². The Morgan fingerprint density at radius 3 is 3.00 bits per heavy atom. The van der Waals surface area contributed by atoms with Crippen molar-refractivity contribution in [3.63, 3.8) is 0 Å². The van der Waals surface area contributed by atoms with Crippen molar-refractivity contribution in [1.29, 1.82) is 0 Å². The van der Waals surface area contributed by atoms with E-state index in [0.717, 1.165) is 34.9 Å². The van der Waals surface area contributed by atoms with Crippen LogP contribution in [0.25, 0.3) is 0 Å². The van der Waals surface area contributed by atoms with Crippen molar-refractivity contribution in [2.24, 2.45) is 11.8 Å². The highest BCUT2D eigenvalue weighted by molar-refractivity contribution is 8.01. The van der Waals surface area contributed by atoms with Crippen LogP contribution in [0.1, 0.15) is 31.4 Å². The number of fused-ring (bicyclic) bond motifs is 2. The molecule has 0 aromatic carbocycles. The number of thioether (sulfide) groups is 1. The van der Waals surface area contributed by atoms with Gasteiger partial charge < -0.3 is 9.73 Å². The molecule has 0 aliphatic heterocycles. The molecule has 0 spiro atoms. The second-order valence-electron chi connectivity index (χ2n) is 5.84. The van der Waals surface area contributed by atoms with Crippen LogP contribution in [0.2, 0.25) is 0 Å². The molecule has 116 valence electrons. The summed E-state index contributed by atoms with van der Waals surface area (Å²) in [5.41, 5.74) is 0. The first-order valence-electron chi connectivity index (χ1n) is 7.59. The van der Waals surface area contributed by atoms with E-state index in [4.69, 9.17) is 4.42 Å². The lowest BCUT2D eigenvalue weighted by atomic mass is 9.96. The van der Waals surface area contributed by atoms with Crippen LogP contribution in [-0.4, -0.2) is 23.6 Å². The fraction of sp³-hybridized carbons (Fsp3) is 0.667. The Kier molecular flexibility index (Phi) is 5.41. The molecule has 2 saturated carbocycles. The van der Waals surface area contributed by atoms with Gasteiger partial charge in [-0.25, -0.2) is 4.79 Å². The maximum Gasteiger partial charge on any atom is 0.324 e. The summed E-state index contributed by atoms with van der Waals surface area (Å²) in [6.07, 6.45) is 6.87. The Morgan fingerprint density at radius 2 is 2.29 bits per heavy atom. The number of rotatable bonds is 7. The molecule has 1 aromatic rings.